The summed E-state index contributed by atoms with van der Waals surface area (Å²) in [6.07, 6.45) is 4.50. The van der Waals surface area contributed by atoms with Crippen molar-refractivity contribution < 1.29 is 4.79 Å². The maximum Gasteiger partial charge on any atom is 0.273 e. The molecule has 7 heteroatoms. The van der Waals surface area contributed by atoms with Crippen molar-refractivity contribution in [2.75, 3.05) is 7.05 Å². The molecule has 4 nitrogen and oxygen atoms in total. The molecular weight excluding hydrogens is 377 g/mol. The molecule has 1 N–H and O–H groups in total. The smallest absolute Gasteiger partial charge is 0.273 e. The van der Waals surface area contributed by atoms with Crippen molar-refractivity contribution in [1.82, 2.24) is 15.2 Å². The Morgan fingerprint density at radius 2 is 2.00 bits per heavy atom. The molecule has 1 amide bonds. The molecule has 1 aromatic carbocycles. The number of thiazole rings is 1. The Morgan fingerprint density at radius 3 is 2.68 bits per heavy atom. The predicted molar refractivity (Wildman–Crippen MR) is 103 cm³/mol. The van der Waals surface area contributed by atoms with Crippen LogP contribution in [0.25, 0.3) is 10.6 Å². The van der Waals surface area contributed by atoms with Gasteiger partial charge in [-0.1, -0.05) is 23.2 Å². The number of carbonyl (C=O) groups excluding carboxylic acids is 1. The van der Waals surface area contributed by atoms with Crippen LogP contribution in [0.1, 0.15) is 36.2 Å². The fourth-order valence-electron chi connectivity index (χ4n) is 3.85. The molecule has 2 fully saturated rings. The number of nitrogens with one attached hydrogen (secondary N) is 1. The van der Waals surface area contributed by atoms with Crippen LogP contribution < -0.4 is 5.32 Å². The summed E-state index contributed by atoms with van der Waals surface area (Å²) in [5.41, 5.74) is 1.29. The summed E-state index contributed by atoms with van der Waals surface area (Å²) in [4.78, 5) is 19.3. The Morgan fingerprint density at radius 1 is 1.28 bits per heavy atom. The van der Waals surface area contributed by atoms with Gasteiger partial charge in [-0.2, -0.15) is 0 Å². The molecule has 132 valence electrons. The van der Waals surface area contributed by atoms with Crippen LogP contribution >= 0.6 is 34.5 Å². The number of benzene rings is 1. The molecule has 1 aromatic heterocycles. The number of fused-ring (bicyclic) bond motifs is 2. The van der Waals surface area contributed by atoms with Gasteiger partial charge in [-0.3, -0.25) is 4.79 Å². The Hall–Kier alpha value is -1.14. The first-order valence-corrected chi connectivity index (χ1v) is 10.1. The third kappa shape index (κ3) is 3.43. The largest absolute Gasteiger partial charge is 0.337 e. The first kappa shape index (κ1) is 17.3. The molecule has 2 atom stereocenters. The summed E-state index contributed by atoms with van der Waals surface area (Å²) in [5.74, 6) is -0.0149. The Balaban J connectivity index is 1.52. The Kier molecular flexibility index (Phi) is 4.75. The molecule has 0 aliphatic carbocycles. The Labute approximate surface area is 161 Å². The van der Waals surface area contributed by atoms with Crippen LogP contribution in [0.2, 0.25) is 10.0 Å². The molecule has 2 saturated heterocycles. The lowest BCUT2D eigenvalue weighted by molar-refractivity contribution is 0.0676. The van der Waals surface area contributed by atoms with E-state index in [1.807, 2.05) is 23.4 Å². The van der Waals surface area contributed by atoms with Crippen LogP contribution in [-0.2, 0) is 0 Å². The van der Waals surface area contributed by atoms with Gasteiger partial charge in [0.05, 0.1) is 5.02 Å². The lowest BCUT2D eigenvalue weighted by atomic mass is 9.98. The van der Waals surface area contributed by atoms with Gasteiger partial charge in [0.2, 0.25) is 0 Å². The summed E-state index contributed by atoms with van der Waals surface area (Å²) in [5, 5.41) is 7.30. The monoisotopic (exact) mass is 395 g/mol. The van der Waals surface area contributed by atoms with Gasteiger partial charge in [0.25, 0.3) is 5.91 Å². The van der Waals surface area contributed by atoms with Crippen molar-refractivity contribution in [2.24, 2.45) is 0 Å². The van der Waals surface area contributed by atoms with E-state index in [0.29, 0.717) is 27.8 Å². The number of nitrogens with zero attached hydrogens (tertiary/aromatic N) is 2. The van der Waals surface area contributed by atoms with E-state index in [4.69, 9.17) is 23.2 Å². The molecule has 0 spiro atoms. The first-order valence-electron chi connectivity index (χ1n) is 8.45. The minimum Gasteiger partial charge on any atom is -0.337 e. The highest BCUT2D eigenvalue weighted by Gasteiger charge is 2.36. The molecule has 4 rings (SSSR count). The van der Waals surface area contributed by atoms with Gasteiger partial charge < -0.3 is 10.2 Å². The van der Waals surface area contributed by atoms with E-state index in [9.17, 15) is 4.79 Å². The zero-order valence-corrected chi connectivity index (χ0v) is 16.2. The zero-order valence-electron chi connectivity index (χ0n) is 13.8. The molecule has 2 aliphatic heterocycles. The van der Waals surface area contributed by atoms with E-state index in [0.717, 1.165) is 23.4 Å². The standard InChI is InChI=1S/C18H19Cl2N3OS/c1-23(13-7-11-3-4-12(8-13)21-11)18(24)16-9-25-17(22-16)14-5-2-10(19)6-15(14)20/h2,5-6,9,11-13,21H,3-4,7-8H2,1H3. The third-order valence-corrected chi connectivity index (χ3v) is 6.62. The average molecular weight is 396 g/mol. The van der Waals surface area contributed by atoms with Crippen molar-refractivity contribution in [3.8, 4) is 10.6 Å². The van der Waals surface area contributed by atoms with Gasteiger partial charge in [0.1, 0.15) is 10.7 Å². The number of halogens is 2. The van der Waals surface area contributed by atoms with E-state index in [-0.39, 0.29) is 11.9 Å². The van der Waals surface area contributed by atoms with Crippen LogP contribution in [0.5, 0.6) is 0 Å². The second kappa shape index (κ2) is 6.88. The van der Waals surface area contributed by atoms with Gasteiger partial charge >= 0.3 is 0 Å². The molecule has 0 saturated carbocycles. The van der Waals surface area contributed by atoms with E-state index in [1.165, 1.54) is 24.2 Å². The second-order valence-corrected chi connectivity index (χ2v) is 8.54. The highest BCUT2D eigenvalue weighted by Crippen LogP contribution is 2.33. The number of aromatic nitrogens is 1. The molecule has 3 heterocycles. The zero-order chi connectivity index (χ0) is 17.6. The van der Waals surface area contributed by atoms with Gasteiger partial charge in [-0.05, 0) is 43.9 Å². The number of piperidine rings is 1. The lowest BCUT2D eigenvalue weighted by Crippen LogP contribution is -2.48. The minimum absolute atomic E-state index is 0.0149. The summed E-state index contributed by atoms with van der Waals surface area (Å²) in [6, 6.07) is 6.71. The normalized spacial score (nSPS) is 25.2. The van der Waals surface area contributed by atoms with Crippen molar-refractivity contribution in [3.05, 3.63) is 39.3 Å². The fraction of sp³-hybridized carbons (Fsp3) is 0.444. The first-order chi connectivity index (χ1) is 12.0. The fourth-order valence-corrected chi connectivity index (χ4v) is 5.24. The maximum atomic E-state index is 12.9. The molecular formula is C18H19Cl2N3OS. The van der Waals surface area contributed by atoms with E-state index in [2.05, 4.69) is 10.3 Å². The number of carbonyl (C=O) groups is 1. The topological polar surface area (TPSA) is 45.2 Å². The number of hydrogen-bond donors (Lipinski definition) is 1. The maximum absolute atomic E-state index is 12.9. The molecule has 0 radical (unpaired) electrons. The molecule has 2 bridgehead atoms. The van der Waals surface area contributed by atoms with Crippen LogP contribution in [0.15, 0.2) is 23.6 Å². The molecule has 2 unspecified atom stereocenters. The highest BCUT2D eigenvalue weighted by atomic mass is 35.5. The summed E-state index contributed by atoms with van der Waals surface area (Å²) < 4.78 is 0. The molecule has 25 heavy (non-hydrogen) atoms. The average Bonchev–Trinajstić information content (AvgIpc) is 3.20. The van der Waals surface area contributed by atoms with E-state index < -0.39 is 0 Å². The second-order valence-electron chi connectivity index (χ2n) is 6.84. The van der Waals surface area contributed by atoms with E-state index >= 15 is 0 Å². The van der Waals surface area contributed by atoms with E-state index in [1.54, 1.807) is 12.1 Å². The van der Waals surface area contributed by atoms with Crippen LogP contribution in [0.3, 0.4) is 0 Å². The highest BCUT2D eigenvalue weighted by molar-refractivity contribution is 7.13. The van der Waals surface area contributed by atoms with Gasteiger partial charge in [0, 0.05) is 41.1 Å². The molecule has 2 aromatic rings. The third-order valence-electron chi connectivity index (χ3n) is 5.20. The Bertz CT molecular complexity index is 797. The summed E-state index contributed by atoms with van der Waals surface area (Å²) in [7, 11) is 1.89. The molecule has 2 aliphatic rings. The minimum atomic E-state index is -0.0149. The quantitative estimate of drug-likeness (QED) is 0.833. The summed E-state index contributed by atoms with van der Waals surface area (Å²) >= 11 is 13.6. The van der Waals surface area contributed by atoms with Crippen molar-refractivity contribution in [1.29, 1.82) is 0 Å². The lowest BCUT2D eigenvalue weighted by Gasteiger charge is -2.35. The van der Waals surface area contributed by atoms with Gasteiger partial charge in [-0.25, -0.2) is 4.98 Å². The number of hydrogen-bond acceptors (Lipinski definition) is 4. The van der Waals surface area contributed by atoms with Gasteiger partial charge in [-0.15, -0.1) is 11.3 Å². The number of rotatable bonds is 3. The summed E-state index contributed by atoms with van der Waals surface area (Å²) in [6.45, 7) is 0. The van der Waals surface area contributed by atoms with Gasteiger partial charge in [0.15, 0.2) is 0 Å². The predicted octanol–water partition coefficient (Wildman–Crippen LogP) is 4.47. The van der Waals surface area contributed by atoms with Crippen molar-refractivity contribution >= 4 is 40.4 Å². The number of amides is 1. The van der Waals surface area contributed by atoms with Crippen LogP contribution in [0, 0.1) is 0 Å². The van der Waals surface area contributed by atoms with Crippen molar-refractivity contribution in [3.63, 3.8) is 0 Å². The van der Waals surface area contributed by atoms with Crippen molar-refractivity contribution in [2.45, 2.75) is 43.8 Å². The SMILES string of the molecule is CN(C(=O)c1csc(-c2ccc(Cl)cc2Cl)n1)C1CC2CCC(C1)N2. The van der Waals surface area contributed by atoms with Crippen LogP contribution in [0.4, 0.5) is 0 Å². The van der Waals surface area contributed by atoms with Crippen LogP contribution in [-0.4, -0.2) is 41.0 Å².